The molecule has 4 rings (SSSR count). The van der Waals surface area contributed by atoms with E-state index >= 15 is 0 Å². The van der Waals surface area contributed by atoms with E-state index < -0.39 is 0 Å². The molecule has 0 unspecified atom stereocenters. The quantitative estimate of drug-likeness (QED) is 0.733. The van der Waals surface area contributed by atoms with Gasteiger partial charge in [0.15, 0.2) is 0 Å². The molecule has 1 aliphatic rings. The van der Waals surface area contributed by atoms with Crippen LogP contribution in [0.25, 0.3) is 5.65 Å². The number of hydrogen-bond acceptors (Lipinski definition) is 3. The van der Waals surface area contributed by atoms with Crippen LogP contribution < -0.4 is 10.1 Å². The summed E-state index contributed by atoms with van der Waals surface area (Å²) >= 11 is 0. The van der Waals surface area contributed by atoms with E-state index in [0.717, 1.165) is 24.2 Å². The summed E-state index contributed by atoms with van der Waals surface area (Å²) in [6, 6.07) is 13.6. The first kappa shape index (κ1) is 16.4. The van der Waals surface area contributed by atoms with Crippen molar-refractivity contribution < 1.29 is 9.53 Å². The monoisotopic (exact) mass is 350 g/mol. The van der Waals surface area contributed by atoms with Crippen molar-refractivity contribution in [3.8, 4) is 5.75 Å². The number of pyridine rings is 1. The second-order valence-corrected chi connectivity index (χ2v) is 6.40. The van der Waals surface area contributed by atoms with E-state index in [2.05, 4.69) is 10.3 Å². The summed E-state index contributed by atoms with van der Waals surface area (Å²) in [6.45, 7) is 3.01. The average Bonchev–Trinajstić information content (AvgIpc) is 3.42. The predicted octanol–water partition coefficient (Wildman–Crippen LogP) is 3.93. The lowest BCUT2D eigenvalue weighted by Gasteiger charge is -2.23. The molecule has 0 spiro atoms. The Morgan fingerprint density at radius 1 is 1.27 bits per heavy atom. The molecule has 3 aromatic rings. The summed E-state index contributed by atoms with van der Waals surface area (Å²) in [7, 11) is 0. The predicted molar refractivity (Wildman–Crippen MR) is 100 cm³/mol. The summed E-state index contributed by atoms with van der Waals surface area (Å²) in [4.78, 5) is 19.2. The van der Waals surface area contributed by atoms with Crippen LogP contribution in [0.3, 0.4) is 0 Å². The molecule has 0 radical (unpaired) electrons. The minimum absolute atomic E-state index is 0.106. The zero-order chi connectivity index (χ0) is 17.9. The van der Waals surface area contributed by atoms with Crippen molar-refractivity contribution in [3.05, 3.63) is 60.6 Å². The highest BCUT2D eigenvalue weighted by Crippen LogP contribution is 2.30. The molecule has 2 aromatic heterocycles. The van der Waals surface area contributed by atoms with Gasteiger partial charge in [-0.2, -0.15) is 0 Å². The van der Waals surface area contributed by atoms with Crippen LogP contribution in [0.1, 0.15) is 25.5 Å². The molecule has 0 bridgehead atoms. The van der Waals surface area contributed by atoms with Gasteiger partial charge in [-0.3, -0.25) is 0 Å². The zero-order valence-corrected chi connectivity index (χ0v) is 14.8. The second kappa shape index (κ2) is 7.07. The molecule has 2 heterocycles. The number of nitrogens with one attached hydrogen (secondary N) is 1. The number of urea groups is 1. The van der Waals surface area contributed by atoms with Crippen LogP contribution in [0.4, 0.5) is 10.5 Å². The molecule has 6 nitrogen and oxygen atoms in total. The molecule has 26 heavy (non-hydrogen) atoms. The number of hydrogen-bond donors (Lipinski definition) is 1. The van der Waals surface area contributed by atoms with E-state index in [0.29, 0.717) is 24.6 Å². The number of ether oxygens (including phenoxy) is 1. The van der Waals surface area contributed by atoms with Crippen molar-refractivity contribution in [2.45, 2.75) is 32.4 Å². The van der Waals surface area contributed by atoms with Gasteiger partial charge < -0.3 is 19.4 Å². The summed E-state index contributed by atoms with van der Waals surface area (Å²) in [5, 5.41) is 3.01. The van der Waals surface area contributed by atoms with Gasteiger partial charge in [0.25, 0.3) is 0 Å². The second-order valence-electron chi connectivity index (χ2n) is 6.40. The number of anilines is 1. The number of nitrogens with zero attached hydrogens (tertiary/aromatic N) is 3. The van der Waals surface area contributed by atoms with Gasteiger partial charge in [0.05, 0.1) is 30.7 Å². The number of carbonyl (C=O) groups is 1. The van der Waals surface area contributed by atoms with Gasteiger partial charge in [-0.05, 0) is 44.0 Å². The van der Waals surface area contributed by atoms with Crippen LogP contribution in [0.2, 0.25) is 0 Å². The Morgan fingerprint density at radius 2 is 2.08 bits per heavy atom. The van der Waals surface area contributed by atoms with Crippen molar-refractivity contribution in [3.63, 3.8) is 0 Å². The largest absolute Gasteiger partial charge is 0.492 e. The minimum atomic E-state index is -0.106. The number of rotatable bonds is 6. The molecule has 1 N–H and O–H groups in total. The normalized spacial score (nSPS) is 13.6. The van der Waals surface area contributed by atoms with Gasteiger partial charge in [0, 0.05) is 12.2 Å². The number of imidazole rings is 1. The molecular formula is C20H22N4O2. The number of amides is 2. The highest BCUT2D eigenvalue weighted by molar-refractivity contribution is 5.91. The maximum absolute atomic E-state index is 12.9. The van der Waals surface area contributed by atoms with E-state index in [9.17, 15) is 4.79 Å². The highest BCUT2D eigenvalue weighted by Gasteiger charge is 2.33. The fourth-order valence-corrected chi connectivity index (χ4v) is 3.07. The first-order chi connectivity index (χ1) is 12.8. The topological polar surface area (TPSA) is 58.9 Å². The first-order valence-corrected chi connectivity index (χ1v) is 8.96. The molecule has 1 fully saturated rings. The maximum Gasteiger partial charge on any atom is 0.322 e. The highest BCUT2D eigenvalue weighted by atomic mass is 16.5. The van der Waals surface area contributed by atoms with E-state index in [1.807, 2.05) is 71.1 Å². The third kappa shape index (κ3) is 3.35. The summed E-state index contributed by atoms with van der Waals surface area (Å²) in [5.74, 6) is 0.689. The Hall–Kier alpha value is -3.02. The van der Waals surface area contributed by atoms with Crippen molar-refractivity contribution in [2.24, 2.45) is 0 Å². The number of carbonyl (C=O) groups excluding carboxylic acids is 1. The number of benzene rings is 1. The molecular weight excluding hydrogens is 328 g/mol. The molecule has 0 saturated heterocycles. The Morgan fingerprint density at radius 3 is 2.88 bits per heavy atom. The lowest BCUT2D eigenvalue weighted by molar-refractivity contribution is 0.205. The SMILES string of the molecule is CCOc1ccccc1NC(=O)N(Cc1cnc2ccccn12)C1CC1. The van der Waals surface area contributed by atoms with Crippen LogP contribution in [0, 0.1) is 0 Å². The molecule has 6 heteroatoms. The van der Waals surface area contributed by atoms with Gasteiger partial charge in [0.2, 0.25) is 0 Å². The van der Waals surface area contributed by atoms with Crippen molar-refractivity contribution in [1.29, 1.82) is 0 Å². The molecule has 1 aromatic carbocycles. The lowest BCUT2D eigenvalue weighted by Crippen LogP contribution is -2.36. The molecule has 0 atom stereocenters. The molecule has 1 aliphatic carbocycles. The third-order valence-corrected chi connectivity index (χ3v) is 4.50. The zero-order valence-electron chi connectivity index (χ0n) is 14.8. The Kier molecular flexibility index (Phi) is 4.48. The van der Waals surface area contributed by atoms with E-state index in [1.54, 1.807) is 0 Å². The lowest BCUT2D eigenvalue weighted by atomic mass is 10.3. The average molecular weight is 350 g/mol. The molecule has 2 amide bonds. The van der Waals surface area contributed by atoms with Gasteiger partial charge in [-0.1, -0.05) is 18.2 Å². The maximum atomic E-state index is 12.9. The fourth-order valence-electron chi connectivity index (χ4n) is 3.07. The van der Waals surface area contributed by atoms with Crippen LogP contribution in [0.15, 0.2) is 54.9 Å². The van der Waals surface area contributed by atoms with Crippen molar-refractivity contribution in [1.82, 2.24) is 14.3 Å². The number of fused-ring (bicyclic) bond motifs is 1. The number of aromatic nitrogens is 2. The molecule has 1 saturated carbocycles. The van der Waals surface area contributed by atoms with Gasteiger partial charge in [0.1, 0.15) is 11.4 Å². The van der Waals surface area contributed by atoms with Crippen molar-refractivity contribution in [2.75, 3.05) is 11.9 Å². The summed E-state index contributed by atoms with van der Waals surface area (Å²) in [5.41, 5.74) is 2.59. The molecule has 0 aliphatic heterocycles. The van der Waals surface area contributed by atoms with Crippen molar-refractivity contribution >= 4 is 17.4 Å². The Balaban J connectivity index is 1.54. The third-order valence-electron chi connectivity index (χ3n) is 4.50. The van der Waals surface area contributed by atoms with Gasteiger partial charge >= 0.3 is 6.03 Å². The number of para-hydroxylation sites is 2. The Labute approximate surface area is 152 Å². The standard InChI is InChI=1S/C20H22N4O2/c1-2-26-18-8-4-3-7-17(18)22-20(25)24(15-10-11-15)14-16-13-21-19-9-5-6-12-23(16)19/h3-9,12-13,15H,2,10-11,14H2,1H3,(H,22,25). The summed E-state index contributed by atoms with van der Waals surface area (Å²) < 4.78 is 7.63. The van der Waals surface area contributed by atoms with Crippen LogP contribution in [-0.2, 0) is 6.54 Å². The first-order valence-electron chi connectivity index (χ1n) is 8.96. The summed E-state index contributed by atoms with van der Waals surface area (Å²) in [6.07, 6.45) is 5.89. The smallest absolute Gasteiger partial charge is 0.322 e. The Bertz CT molecular complexity index is 917. The van der Waals surface area contributed by atoms with E-state index in [-0.39, 0.29) is 12.1 Å². The van der Waals surface area contributed by atoms with E-state index in [1.165, 1.54) is 0 Å². The van der Waals surface area contributed by atoms with Crippen LogP contribution in [-0.4, -0.2) is 33.0 Å². The van der Waals surface area contributed by atoms with E-state index in [4.69, 9.17) is 4.74 Å². The van der Waals surface area contributed by atoms with Crippen LogP contribution >= 0.6 is 0 Å². The van der Waals surface area contributed by atoms with Crippen LogP contribution in [0.5, 0.6) is 5.75 Å². The van der Waals surface area contributed by atoms with Gasteiger partial charge in [-0.15, -0.1) is 0 Å². The fraction of sp³-hybridized carbons (Fsp3) is 0.300. The minimum Gasteiger partial charge on any atom is -0.492 e. The molecule has 134 valence electrons. The van der Waals surface area contributed by atoms with Gasteiger partial charge in [-0.25, -0.2) is 9.78 Å².